The lowest BCUT2D eigenvalue weighted by molar-refractivity contribution is 0.520. The molecule has 1 aliphatic heterocycles. The fourth-order valence-electron chi connectivity index (χ4n) is 1.94. The van der Waals surface area contributed by atoms with Crippen molar-refractivity contribution < 1.29 is 0 Å². The van der Waals surface area contributed by atoms with Crippen molar-refractivity contribution in [1.29, 1.82) is 0 Å². The molecule has 3 heteroatoms. The van der Waals surface area contributed by atoms with Crippen LogP contribution in [-0.2, 0) is 0 Å². The van der Waals surface area contributed by atoms with E-state index < -0.39 is 0 Å². The second kappa shape index (κ2) is 4.82. The van der Waals surface area contributed by atoms with Crippen molar-refractivity contribution in [1.82, 2.24) is 5.43 Å². The molecule has 0 radical (unpaired) electrons. The van der Waals surface area contributed by atoms with Crippen molar-refractivity contribution in [2.24, 2.45) is 5.84 Å². The van der Waals surface area contributed by atoms with Crippen molar-refractivity contribution >= 4 is 11.8 Å². The average Bonchev–Trinajstić information content (AvgIpc) is 2.74. The summed E-state index contributed by atoms with van der Waals surface area (Å²) in [5.41, 5.74) is 4.24. The van der Waals surface area contributed by atoms with Gasteiger partial charge in [0.2, 0.25) is 0 Å². The van der Waals surface area contributed by atoms with E-state index >= 15 is 0 Å². The van der Waals surface area contributed by atoms with Gasteiger partial charge in [0.1, 0.15) is 0 Å². The van der Waals surface area contributed by atoms with Gasteiger partial charge in [0, 0.05) is 5.25 Å². The van der Waals surface area contributed by atoms with Gasteiger partial charge in [0.15, 0.2) is 0 Å². The monoisotopic (exact) mass is 208 g/mol. The molecule has 0 bridgehead atoms. The third kappa shape index (κ3) is 2.11. The first kappa shape index (κ1) is 10.0. The summed E-state index contributed by atoms with van der Waals surface area (Å²) in [6, 6.07) is 10.8. The highest BCUT2D eigenvalue weighted by Crippen LogP contribution is 2.35. The zero-order chi connectivity index (χ0) is 9.80. The first-order valence-corrected chi connectivity index (χ1v) is 6.09. The molecule has 0 amide bonds. The maximum Gasteiger partial charge on any atom is 0.0578 e. The van der Waals surface area contributed by atoms with Gasteiger partial charge < -0.3 is 0 Å². The fourth-order valence-corrected chi connectivity index (χ4v) is 3.34. The van der Waals surface area contributed by atoms with Gasteiger partial charge >= 0.3 is 0 Å². The van der Waals surface area contributed by atoms with E-state index in [-0.39, 0.29) is 0 Å². The number of thioether (sulfide) groups is 1. The van der Waals surface area contributed by atoms with Crippen molar-refractivity contribution in [2.75, 3.05) is 5.75 Å². The van der Waals surface area contributed by atoms with E-state index in [1.807, 2.05) is 17.8 Å². The van der Waals surface area contributed by atoms with Crippen LogP contribution in [0.25, 0.3) is 0 Å². The molecular formula is C11H16N2S. The lowest BCUT2D eigenvalue weighted by atomic mass is 10.0. The number of hydrogen-bond donors (Lipinski definition) is 2. The normalized spacial score (nSPS) is 23.6. The summed E-state index contributed by atoms with van der Waals surface area (Å²) in [6.07, 6.45) is 2.59. The molecule has 3 N–H and O–H groups in total. The molecule has 2 atom stereocenters. The van der Waals surface area contributed by atoms with Crippen LogP contribution >= 0.6 is 11.8 Å². The first-order valence-electron chi connectivity index (χ1n) is 5.04. The number of nitrogens with two attached hydrogens (primary N) is 1. The number of hydrogen-bond acceptors (Lipinski definition) is 3. The standard InChI is InChI=1S/C11H16N2S/c12-13-11(10-7-4-8-14-10)9-5-2-1-3-6-9/h1-3,5-6,10-11,13H,4,7-8,12H2. The van der Waals surface area contributed by atoms with Gasteiger partial charge in [-0.15, -0.1) is 0 Å². The molecule has 0 aromatic heterocycles. The Hall–Kier alpha value is -0.510. The third-order valence-corrected chi connectivity index (χ3v) is 4.14. The van der Waals surface area contributed by atoms with E-state index in [2.05, 4.69) is 29.7 Å². The summed E-state index contributed by atoms with van der Waals surface area (Å²) >= 11 is 2.03. The molecular weight excluding hydrogens is 192 g/mol. The molecule has 1 aromatic rings. The molecule has 2 unspecified atom stereocenters. The summed E-state index contributed by atoms with van der Waals surface area (Å²) in [7, 11) is 0. The van der Waals surface area contributed by atoms with Gasteiger partial charge in [-0.2, -0.15) is 11.8 Å². The SMILES string of the molecule is NNC(c1ccccc1)C1CCCS1. The Morgan fingerprint density at radius 1 is 1.36 bits per heavy atom. The average molecular weight is 208 g/mol. The molecule has 14 heavy (non-hydrogen) atoms. The van der Waals surface area contributed by atoms with E-state index in [1.54, 1.807) is 0 Å². The predicted molar refractivity (Wildman–Crippen MR) is 62.0 cm³/mol. The summed E-state index contributed by atoms with van der Waals surface area (Å²) in [5.74, 6) is 6.89. The smallest absolute Gasteiger partial charge is 0.0578 e. The van der Waals surface area contributed by atoms with Crippen molar-refractivity contribution in [3.8, 4) is 0 Å². The van der Waals surface area contributed by atoms with Crippen molar-refractivity contribution in [3.63, 3.8) is 0 Å². The van der Waals surface area contributed by atoms with Gasteiger partial charge in [0.25, 0.3) is 0 Å². The lowest BCUT2D eigenvalue weighted by Crippen LogP contribution is -2.34. The van der Waals surface area contributed by atoms with Gasteiger partial charge in [-0.1, -0.05) is 30.3 Å². The van der Waals surface area contributed by atoms with Gasteiger partial charge in [-0.25, -0.2) is 0 Å². The van der Waals surface area contributed by atoms with Crippen LogP contribution < -0.4 is 11.3 Å². The van der Waals surface area contributed by atoms with Crippen LogP contribution in [0.15, 0.2) is 30.3 Å². The number of nitrogens with one attached hydrogen (secondary N) is 1. The van der Waals surface area contributed by atoms with Crippen LogP contribution in [-0.4, -0.2) is 11.0 Å². The van der Waals surface area contributed by atoms with Gasteiger partial charge in [-0.05, 0) is 24.2 Å². The largest absolute Gasteiger partial charge is 0.271 e. The molecule has 0 saturated carbocycles. The minimum atomic E-state index is 0.309. The quantitative estimate of drug-likeness (QED) is 0.590. The highest BCUT2D eigenvalue weighted by atomic mass is 32.2. The second-order valence-corrected chi connectivity index (χ2v) is 4.95. The number of hydrazine groups is 1. The lowest BCUT2D eigenvalue weighted by Gasteiger charge is -2.22. The Bertz CT molecular complexity index is 270. The zero-order valence-electron chi connectivity index (χ0n) is 8.15. The Morgan fingerprint density at radius 3 is 2.71 bits per heavy atom. The molecule has 2 nitrogen and oxygen atoms in total. The first-order chi connectivity index (χ1) is 6.92. The number of benzene rings is 1. The third-order valence-electron chi connectivity index (χ3n) is 2.67. The minimum absolute atomic E-state index is 0.309. The number of rotatable bonds is 3. The van der Waals surface area contributed by atoms with Crippen LogP contribution in [0.5, 0.6) is 0 Å². The summed E-state index contributed by atoms with van der Waals surface area (Å²) in [6.45, 7) is 0. The van der Waals surface area contributed by atoms with Crippen LogP contribution in [0.1, 0.15) is 24.4 Å². The molecule has 1 saturated heterocycles. The van der Waals surface area contributed by atoms with E-state index in [9.17, 15) is 0 Å². The molecule has 76 valence electrons. The Morgan fingerprint density at radius 2 is 2.14 bits per heavy atom. The Kier molecular flexibility index (Phi) is 3.45. The maximum atomic E-state index is 5.62. The highest BCUT2D eigenvalue weighted by Gasteiger charge is 2.25. The van der Waals surface area contributed by atoms with E-state index in [1.165, 1.54) is 24.2 Å². The maximum absolute atomic E-state index is 5.62. The molecule has 0 aliphatic carbocycles. The summed E-state index contributed by atoms with van der Waals surface area (Å²) in [4.78, 5) is 0. The molecule has 1 aromatic carbocycles. The van der Waals surface area contributed by atoms with Crippen molar-refractivity contribution in [2.45, 2.75) is 24.1 Å². The zero-order valence-corrected chi connectivity index (χ0v) is 8.96. The minimum Gasteiger partial charge on any atom is -0.271 e. The summed E-state index contributed by atoms with van der Waals surface area (Å²) < 4.78 is 0. The molecule has 1 fully saturated rings. The van der Waals surface area contributed by atoms with E-state index in [0.717, 1.165) is 0 Å². The summed E-state index contributed by atoms with van der Waals surface area (Å²) in [5, 5.41) is 0.641. The Balaban J connectivity index is 2.12. The second-order valence-electron chi connectivity index (χ2n) is 3.61. The van der Waals surface area contributed by atoms with Gasteiger partial charge in [0.05, 0.1) is 6.04 Å². The van der Waals surface area contributed by atoms with Crippen molar-refractivity contribution in [3.05, 3.63) is 35.9 Å². The predicted octanol–water partition coefficient (Wildman–Crippen LogP) is 2.09. The molecule has 2 rings (SSSR count). The Labute approximate surface area is 89.2 Å². The molecule has 1 aliphatic rings. The molecule has 1 heterocycles. The van der Waals surface area contributed by atoms with E-state index in [4.69, 9.17) is 5.84 Å². The highest BCUT2D eigenvalue weighted by molar-refractivity contribution is 8.00. The van der Waals surface area contributed by atoms with Crippen LogP contribution in [0.3, 0.4) is 0 Å². The fraction of sp³-hybridized carbons (Fsp3) is 0.455. The van der Waals surface area contributed by atoms with Crippen LogP contribution in [0.4, 0.5) is 0 Å². The van der Waals surface area contributed by atoms with Crippen LogP contribution in [0.2, 0.25) is 0 Å². The molecule has 0 spiro atoms. The van der Waals surface area contributed by atoms with Gasteiger partial charge in [-0.3, -0.25) is 11.3 Å². The van der Waals surface area contributed by atoms with E-state index in [0.29, 0.717) is 11.3 Å². The van der Waals surface area contributed by atoms with Crippen LogP contribution in [0, 0.1) is 0 Å². The topological polar surface area (TPSA) is 38.0 Å².